The van der Waals surface area contributed by atoms with Crippen LogP contribution in [-0.2, 0) is 19.6 Å². The van der Waals surface area contributed by atoms with Crippen LogP contribution in [0, 0.1) is 0 Å². The number of carbonyl (C=O) groups excluding carboxylic acids is 2. The smallest absolute Gasteiger partial charge is 0.260 e. The molecule has 1 saturated heterocycles. The topological polar surface area (TPSA) is 60.8 Å². The quantitative estimate of drug-likeness (QED) is 0.219. The van der Waals surface area contributed by atoms with Crippen molar-refractivity contribution in [1.82, 2.24) is 14.4 Å². The fourth-order valence-corrected chi connectivity index (χ4v) is 6.70. The van der Waals surface area contributed by atoms with Gasteiger partial charge in [-0.05, 0) is 66.2 Å². The fraction of sp³-hybridized carbons (Fsp3) is 0.211. The number of benzene rings is 4. The van der Waals surface area contributed by atoms with E-state index in [1.165, 1.54) is 5.69 Å². The highest BCUT2D eigenvalue weighted by atomic mass is 35.5. The first kappa shape index (κ1) is 30.0. The van der Waals surface area contributed by atoms with E-state index >= 15 is 0 Å². The zero-order valence-corrected chi connectivity index (χ0v) is 26.6. The van der Waals surface area contributed by atoms with Gasteiger partial charge in [0.1, 0.15) is 0 Å². The molecule has 46 heavy (non-hydrogen) atoms. The first-order chi connectivity index (χ1) is 22.4. The molecule has 232 valence electrons. The number of hydrogen-bond acceptors (Lipinski definition) is 4. The van der Waals surface area contributed by atoms with Crippen molar-refractivity contribution >= 4 is 34.8 Å². The van der Waals surface area contributed by atoms with Crippen molar-refractivity contribution in [3.63, 3.8) is 0 Å². The number of nitrogens with zero attached hydrogens (tertiary/aromatic N) is 4. The number of fused-ring (bicyclic) bond motifs is 2. The zero-order valence-electron chi connectivity index (χ0n) is 25.8. The third kappa shape index (κ3) is 6.09. The Balaban J connectivity index is 1.12. The lowest BCUT2D eigenvalue weighted by Gasteiger charge is -2.32. The molecule has 0 aliphatic carbocycles. The summed E-state index contributed by atoms with van der Waals surface area (Å²) in [5, 5.41) is 3.26. The van der Waals surface area contributed by atoms with Crippen LogP contribution in [0.5, 0.6) is 0 Å². The Kier molecular flexibility index (Phi) is 8.45. The predicted molar refractivity (Wildman–Crippen MR) is 185 cm³/mol. The molecule has 0 radical (unpaired) electrons. The third-order valence-corrected chi connectivity index (χ3v) is 9.35. The van der Waals surface area contributed by atoms with E-state index in [1.807, 2.05) is 71.6 Å². The molecular formula is C38H36ClN5O2. The summed E-state index contributed by atoms with van der Waals surface area (Å²) in [6.45, 7) is 6.27. The lowest BCUT2D eigenvalue weighted by atomic mass is 9.99. The minimum absolute atomic E-state index is 0.181. The second kappa shape index (κ2) is 13.0. The molecule has 0 spiro atoms. The molecule has 1 fully saturated rings. The largest absolute Gasteiger partial charge is 0.341 e. The Morgan fingerprint density at radius 1 is 0.761 bits per heavy atom. The van der Waals surface area contributed by atoms with Crippen LogP contribution in [0.4, 0.5) is 11.4 Å². The first-order valence-corrected chi connectivity index (χ1v) is 16.1. The van der Waals surface area contributed by atoms with E-state index in [-0.39, 0.29) is 16.8 Å². The molecule has 2 amide bonds. The van der Waals surface area contributed by atoms with Crippen LogP contribution in [0.1, 0.15) is 37.7 Å². The number of likely N-dealkylation sites (N-methyl/N-ethyl adjacent to an activating group) is 1. The molecule has 0 unspecified atom stereocenters. The van der Waals surface area contributed by atoms with Gasteiger partial charge in [-0.1, -0.05) is 78.3 Å². The fourth-order valence-electron chi connectivity index (χ4n) is 6.44. The van der Waals surface area contributed by atoms with Crippen LogP contribution in [0.25, 0.3) is 11.1 Å². The van der Waals surface area contributed by atoms with E-state index in [0.29, 0.717) is 29.9 Å². The molecule has 5 aromatic rings. The predicted octanol–water partition coefficient (Wildman–Crippen LogP) is 7.02. The number of halogens is 1. The Labute approximate surface area is 274 Å². The van der Waals surface area contributed by atoms with Crippen molar-refractivity contribution in [3.8, 4) is 11.1 Å². The summed E-state index contributed by atoms with van der Waals surface area (Å²) in [6, 6.07) is 34.9. The molecule has 7 nitrogen and oxygen atoms in total. The van der Waals surface area contributed by atoms with Gasteiger partial charge in [-0.25, -0.2) is 0 Å². The van der Waals surface area contributed by atoms with Crippen LogP contribution >= 0.6 is 11.6 Å². The summed E-state index contributed by atoms with van der Waals surface area (Å²) in [7, 11) is 2.17. The van der Waals surface area contributed by atoms with E-state index in [1.54, 1.807) is 24.3 Å². The second-order valence-corrected chi connectivity index (χ2v) is 12.5. The van der Waals surface area contributed by atoms with Crippen LogP contribution in [-0.4, -0.2) is 59.4 Å². The van der Waals surface area contributed by atoms with Crippen LogP contribution < -0.4 is 10.2 Å². The van der Waals surface area contributed by atoms with Gasteiger partial charge in [0, 0.05) is 67.6 Å². The van der Waals surface area contributed by atoms with Gasteiger partial charge < -0.3 is 19.7 Å². The van der Waals surface area contributed by atoms with Gasteiger partial charge in [0.05, 0.1) is 17.1 Å². The van der Waals surface area contributed by atoms with Crippen molar-refractivity contribution in [2.24, 2.45) is 0 Å². The summed E-state index contributed by atoms with van der Waals surface area (Å²) >= 11 is 6.78. The molecule has 1 aromatic heterocycles. The van der Waals surface area contributed by atoms with Gasteiger partial charge in [-0.3, -0.25) is 14.5 Å². The number of carbonyl (C=O) groups is 2. The Bertz CT molecular complexity index is 1890. The molecule has 0 atom stereocenters. The zero-order chi connectivity index (χ0) is 31.6. The second-order valence-electron chi connectivity index (χ2n) is 12.1. The summed E-state index contributed by atoms with van der Waals surface area (Å²) in [4.78, 5) is 34.3. The van der Waals surface area contributed by atoms with E-state index in [9.17, 15) is 9.59 Å². The Morgan fingerprint density at radius 2 is 1.50 bits per heavy atom. The molecule has 0 saturated carbocycles. The number of anilines is 2. The first-order valence-electron chi connectivity index (χ1n) is 15.7. The number of piperazine rings is 1. The number of hydrogen-bond donors (Lipinski definition) is 1. The third-order valence-electron chi connectivity index (χ3n) is 9.03. The van der Waals surface area contributed by atoms with Crippen molar-refractivity contribution in [1.29, 1.82) is 0 Å². The van der Waals surface area contributed by atoms with Crippen LogP contribution in [0.3, 0.4) is 0 Å². The minimum atomic E-state index is -0.246. The Morgan fingerprint density at radius 3 is 2.30 bits per heavy atom. The van der Waals surface area contributed by atoms with Crippen molar-refractivity contribution in [3.05, 3.63) is 142 Å². The lowest BCUT2D eigenvalue weighted by molar-refractivity contribution is 0.0984. The maximum Gasteiger partial charge on any atom is 0.260 e. The van der Waals surface area contributed by atoms with Crippen molar-refractivity contribution in [2.45, 2.75) is 19.6 Å². The maximum absolute atomic E-state index is 14.2. The normalized spacial score (nSPS) is 15.1. The summed E-state index contributed by atoms with van der Waals surface area (Å²) in [6.07, 6.45) is 0. The SMILES string of the molecule is CN1CCN(Cc2ccc3n2Cc2ccccc2N(C(=O)c2ccc(NC(=O)c4ccccc4-c4ccccc4)cc2Cl)C3)CC1. The number of para-hydroxylation sites is 1. The van der Waals surface area contributed by atoms with Gasteiger partial charge >= 0.3 is 0 Å². The van der Waals surface area contributed by atoms with E-state index in [4.69, 9.17) is 11.6 Å². The Hall–Kier alpha value is -4.69. The van der Waals surface area contributed by atoms with Crippen molar-refractivity contribution in [2.75, 3.05) is 43.4 Å². The van der Waals surface area contributed by atoms with E-state index in [2.05, 4.69) is 44.9 Å². The van der Waals surface area contributed by atoms with Gasteiger partial charge in [0.25, 0.3) is 11.8 Å². The van der Waals surface area contributed by atoms with Gasteiger partial charge in [-0.15, -0.1) is 0 Å². The summed E-state index contributed by atoms with van der Waals surface area (Å²) in [5.74, 6) is -0.427. The maximum atomic E-state index is 14.2. The molecule has 4 aromatic carbocycles. The average molecular weight is 630 g/mol. The molecule has 2 aliphatic rings. The molecule has 7 rings (SSSR count). The van der Waals surface area contributed by atoms with Crippen LogP contribution in [0.2, 0.25) is 5.02 Å². The van der Waals surface area contributed by atoms with E-state index in [0.717, 1.165) is 60.8 Å². The van der Waals surface area contributed by atoms with E-state index < -0.39 is 0 Å². The summed E-state index contributed by atoms with van der Waals surface area (Å²) in [5.41, 5.74) is 7.58. The van der Waals surface area contributed by atoms with Gasteiger partial charge in [0.2, 0.25) is 0 Å². The average Bonchev–Trinajstić information content (AvgIpc) is 3.36. The summed E-state index contributed by atoms with van der Waals surface area (Å²) < 4.78 is 2.36. The number of rotatable bonds is 6. The number of amides is 2. The lowest BCUT2D eigenvalue weighted by Crippen LogP contribution is -2.44. The van der Waals surface area contributed by atoms with Crippen molar-refractivity contribution < 1.29 is 9.59 Å². The van der Waals surface area contributed by atoms with Crippen LogP contribution in [0.15, 0.2) is 109 Å². The molecular weight excluding hydrogens is 594 g/mol. The molecule has 2 aliphatic heterocycles. The highest BCUT2D eigenvalue weighted by Gasteiger charge is 2.28. The monoisotopic (exact) mass is 629 g/mol. The number of aromatic nitrogens is 1. The molecule has 1 N–H and O–H groups in total. The highest BCUT2D eigenvalue weighted by molar-refractivity contribution is 6.35. The molecule has 3 heterocycles. The highest BCUT2D eigenvalue weighted by Crippen LogP contribution is 2.33. The van der Waals surface area contributed by atoms with Gasteiger partial charge in [-0.2, -0.15) is 0 Å². The van der Waals surface area contributed by atoms with Gasteiger partial charge in [0.15, 0.2) is 0 Å². The minimum Gasteiger partial charge on any atom is -0.341 e. The standard InChI is InChI=1S/C38H36ClN5O2/c1-41-19-21-42(22-20-41)25-30-16-17-31-26-44(36-14-8-5-11-28(36)24-43(30)31)38(46)34-18-15-29(23-35(34)39)40-37(45)33-13-7-6-12-32(33)27-9-3-2-4-10-27/h2-18,23H,19-22,24-26H2,1H3,(H,40,45). The molecule has 8 heteroatoms. The molecule has 0 bridgehead atoms. The number of nitrogens with one attached hydrogen (secondary N) is 1.